The third-order valence-electron chi connectivity index (χ3n) is 6.32. The first-order valence-electron chi connectivity index (χ1n) is 11.6. The summed E-state index contributed by atoms with van der Waals surface area (Å²) in [5.74, 6) is 0.810. The number of benzene rings is 1. The van der Waals surface area contributed by atoms with Gasteiger partial charge in [-0.15, -0.1) is 0 Å². The lowest BCUT2D eigenvalue weighted by molar-refractivity contribution is -0.133. The molecule has 0 unspecified atom stereocenters. The van der Waals surface area contributed by atoms with Gasteiger partial charge in [-0.05, 0) is 24.1 Å². The van der Waals surface area contributed by atoms with Crippen molar-refractivity contribution in [1.82, 2.24) is 14.2 Å². The summed E-state index contributed by atoms with van der Waals surface area (Å²) in [6, 6.07) is 13.4. The lowest BCUT2D eigenvalue weighted by atomic mass is 9.93. The van der Waals surface area contributed by atoms with Gasteiger partial charge in [-0.25, -0.2) is 13.4 Å². The van der Waals surface area contributed by atoms with Crippen LogP contribution >= 0.6 is 0 Å². The minimum Gasteiger partial charge on any atom is -0.379 e. The molecule has 0 bridgehead atoms. The molecule has 0 radical (unpaired) electrons. The molecule has 8 nitrogen and oxygen atoms in total. The van der Waals surface area contributed by atoms with E-state index in [2.05, 4.69) is 16.8 Å². The minimum absolute atomic E-state index is 0.106. The van der Waals surface area contributed by atoms with E-state index in [1.54, 1.807) is 12.1 Å². The quantitative estimate of drug-likeness (QED) is 0.615. The molecule has 1 aromatic heterocycles. The fourth-order valence-electron chi connectivity index (χ4n) is 4.43. The van der Waals surface area contributed by atoms with Gasteiger partial charge in [-0.3, -0.25) is 4.79 Å². The van der Waals surface area contributed by atoms with E-state index < -0.39 is 10.0 Å². The molecule has 0 saturated carbocycles. The summed E-state index contributed by atoms with van der Waals surface area (Å²) in [4.78, 5) is 21.9. The second kappa shape index (κ2) is 10.6. The highest BCUT2D eigenvalue weighted by atomic mass is 32.2. The van der Waals surface area contributed by atoms with Crippen LogP contribution in [0.5, 0.6) is 0 Å². The molecule has 1 atom stereocenters. The van der Waals surface area contributed by atoms with E-state index in [0.717, 1.165) is 24.2 Å². The van der Waals surface area contributed by atoms with Crippen molar-refractivity contribution in [2.75, 3.05) is 57.4 Å². The van der Waals surface area contributed by atoms with Gasteiger partial charge in [0.15, 0.2) is 0 Å². The van der Waals surface area contributed by atoms with Crippen LogP contribution in [0.25, 0.3) is 0 Å². The van der Waals surface area contributed by atoms with E-state index in [1.165, 1.54) is 10.5 Å². The number of morpholine rings is 1. The molecule has 0 spiro atoms. The summed E-state index contributed by atoms with van der Waals surface area (Å²) < 4.78 is 32.3. The van der Waals surface area contributed by atoms with Gasteiger partial charge in [0, 0.05) is 45.5 Å². The van der Waals surface area contributed by atoms with Crippen LogP contribution in [0, 0.1) is 0 Å². The number of hydrogen-bond acceptors (Lipinski definition) is 6. The molecule has 2 aliphatic rings. The first kappa shape index (κ1) is 23.7. The Kier molecular flexibility index (Phi) is 7.62. The average molecular weight is 473 g/mol. The van der Waals surface area contributed by atoms with Gasteiger partial charge in [-0.1, -0.05) is 43.7 Å². The maximum Gasteiger partial charge on any atom is 0.244 e. The highest BCUT2D eigenvalue weighted by Gasteiger charge is 2.29. The summed E-state index contributed by atoms with van der Waals surface area (Å²) in [5.41, 5.74) is 1.07. The Bertz CT molecular complexity index is 1020. The molecule has 0 aliphatic carbocycles. The molecule has 3 heterocycles. The maximum absolute atomic E-state index is 13.2. The SMILES string of the molecule is CCC[C@@H](C(=O)N1CCN(c2ccc(S(=O)(=O)N3CCOCC3)cn2)CC1)c1ccccc1. The number of ether oxygens (including phenoxy) is 1. The number of anilines is 1. The van der Waals surface area contributed by atoms with Crippen LogP contribution in [-0.4, -0.2) is 81.0 Å². The molecule has 178 valence electrons. The number of amides is 1. The van der Waals surface area contributed by atoms with Crippen LogP contribution in [0.2, 0.25) is 0 Å². The fraction of sp³-hybridized carbons (Fsp3) is 0.500. The summed E-state index contributed by atoms with van der Waals surface area (Å²) in [6.07, 6.45) is 3.23. The monoisotopic (exact) mass is 472 g/mol. The lowest BCUT2D eigenvalue weighted by Gasteiger charge is -2.37. The number of aromatic nitrogens is 1. The topological polar surface area (TPSA) is 83.1 Å². The van der Waals surface area contributed by atoms with Crippen molar-refractivity contribution in [3.8, 4) is 0 Å². The summed E-state index contributed by atoms with van der Waals surface area (Å²) in [6.45, 7) is 6.25. The van der Waals surface area contributed by atoms with E-state index in [-0.39, 0.29) is 16.7 Å². The maximum atomic E-state index is 13.2. The molecule has 4 rings (SSSR count). The number of piperazine rings is 1. The van der Waals surface area contributed by atoms with Crippen molar-refractivity contribution in [3.05, 3.63) is 54.2 Å². The predicted molar refractivity (Wildman–Crippen MR) is 127 cm³/mol. The largest absolute Gasteiger partial charge is 0.379 e. The van der Waals surface area contributed by atoms with Gasteiger partial charge in [0.2, 0.25) is 15.9 Å². The Labute approximate surface area is 196 Å². The predicted octanol–water partition coefficient (Wildman–Crippen LogP) is 2.34. The Balaban J connectivity index is 1.38. The number of sulfonamides is 1. The first-order chi connectivity index (χ1) is 16.0. The Morgan fingerprint density at radius 2 is 1.70 bits per heavy atom. The lowest BCUT2D eigenvalue weighted by Crippen LogP contribution is -2.50. The smallest absolute Gasteiger partial charge is 0.244 e. The number of carbonyl (C=O) groups is 1. The number of rotatable bonds is 7. The van der Waals surface area contributed by atoms with Gasteiger partial charge in [-0.2, -0.15) is 4.31 Å². The normalized spacial score (nSPS) is 18.8. The Morgan fingerprint density at radius 3 is 2.30 bits per heavy atom. The minimum atomic E-state index is -3.55. The standard InChI is InChI=1S/C24H32N4O4S/c1-2-6-22(20-7-4-3-5-8-20)24(29)27-13-11-26(12-14-27)23-10-9-21(19-25-23)33(30,31)28-15-17-32-18-16-28/h3-5,7-10,19,22H,2,6,11-18H2,1H3/t22-/m1/s1. The Hall–Kier alpha value is -2.49. The molecule has 9 heteroatoms. The van der Waals surface area contributed by atoms with E-state index >= 15 is 0 Å². The second-order valence-electron chi connectivity index (χ2n) is 8.43. The van der Waals surface area contributed by atoms with Gasteiger partial charge in [0.1, 0.15) is 10.7 Å². The molecule has 2 aliphatic heterocycles. The van der Waals surface area contributed by atoms with E-state index in [4.69, 9.17) is 4.74 Å². The molecule has 33 heavy (non-hydrogen) atoms. The van der Waals surface area contributed by atoms with Crippen LogP contribution in [0.4, 0.5) is 5.82 Å². The number of carbonyl (C=O) groups excluding carboxylic acids is 1. The summed E-state index contributed by atoms with van der Waals surface area (Å²) >= 11 is 0. The number of hydrogen-bond donors (Lipinski definition) is 0. The highest BCUT2D eigenvalue weighted by Crippen LogP contribution is 2.25. The van der Waals surface area contributed by atoms with Crippen molar-refractivity contribution in [2.24, 2.45) is 0 Å². The zero-order valence-electron chi connectivity index (χ0n) is 19.1. The number of nitrogens with zero attached hydrogens (tertiary/aromatic N) is 4. The van der Waals surface area contributed by atoms with Crippen molar-refractivity contribution in [1.29, 1.82) is 0 Å². The van der Waals surface area contributed by atoms with Gasteiger partial charge in [0.25, 0.3) is 0 Å². The van der Waals surface area contributed by atoms with Crippen LogP contribution in [0.3, 0.4) is 0 Å². The zero-order valence-corrected chi connectivity index (χ0v) is 19.9. The summed E-state index contributed by atoms with van der Waals surface area (Å²) in [7, 11) is -3.55. The molecular weight excluding hydrogens is 440 g/mol. The summed E-state index contributed by atoms with van der Waals surface area (Å²) in [5, 5.41) is 0. The van der Waals surface area contributed by atoms with Crippen LogP contribution in [0.15, 0.2) is 53.6 Å². The molecule has 2 aromatic rings. The molecule has 2 saturated heterocycles. The number of pyridine rings is 1. The molecular formula is C24H32N4O4S. The van der Waals surface area contributed by atoms with E-state index in [0.29, 0.717) is 52.5 Å². The van der Waals surface area contributed by atoms with Gasteiger partial charge >= 0.3 is 0 Å². The fourth-order valence-corrected chi connectivity index (χ4v) is 5.79. The third-order valence-corrected chi connectivity index (χ3v) is 8.20. The highest BCUT2D eigenvalue weighted by molar-refractivity contribution is 7.89. The molecule has 0 N–H and O–H groups in total. The van der Waals surface area contributed by atoms with E-state index in [9.17, 15) is 13.2 Å². The molecule has 1 aromatic carbocycles. The second-order valence-corrected chi connectivity index (χ2v) is 10.4. The van der Waals surface area contributed by atoms with Crippen LogP contribution in [-0.2, 0) is 19.6 Å². The van der Waals surface area contributed by atoms with Gasteiger partial charge < -0.3 is 14.5 Å². The van der Waals surface area contributed by atoms with Crippen molar-refractivity contribution >= 4 is 21.7 Å². The van der Waals surface area contributed by atoms with Crippen LogP contribution < -0.4 is 4.90 Å². The molecule has 1 amide bonds. The zero-order chi connectivity index (χ0) is 23.3. The van der Waals surface area contributed by atoms with Crippen molar-refractivity contribution in [3.63, 3.8) is 0 Å². The first-order valence-corrected chi connectivity index (χ1v) is 13.1. The van der Waals surface area contributed by atoms with Crippen molar-refractivity contribution < 1.29 is 17.9 Å². The van der Waals surface area contributed by atoms with Crippen molar-refractivity contribution in [2.45, 2.75) is 30.6 Å². The van der Waals surface area contributed by atoms with Crippen LogP contribution in [0.1, 0.15) is 31.2 Å². The van der Waals surface area contributed by atoms with Gasteiger partial charge in [0.05, 0.1) is 19.1 Å². The van der Waals surface area contributed by atoms with E-state index in [1.807, 2.05) is 35.2 Å². The third kappa shape index (κ3) is 5.37. The molecule has 2 fully saturated rings. The average Bonchev–Trinajstić information content (AvgIpc) is 2.88. The Morgan fingerprint density at radius 1 is 1.00 bits per heavy atom.